The van der Waals surface area contributed by atoms with Gasteiger partial charge in [-0.15, -0.1) is 0 Å². The number of aliphatic hydroxyl groups is 1. The normalized spacial score (nSPS) is 37.9. The number of aliphatic hydroxyl groups excluding tert-OH is 1. The van der Waals surface area contributed by atoms with Crippen LogP contribution in [-0.4, -0.2) is 11.7 Å². The molecule has 3 aliphatic carbocycles. The molecule has 0 aromatic rings. The van der Waals surface area contributed by atoms with Crippen molar-refractivity contribution in [2.24, 2.45) is 41.4 Å². The van der Waals surface area contributed by atoms with E-state index in [9.17, 15) is 0 Å². The molecule has 3 unspecified atom stereocenters. The first kappa shape index (κ1) is 24.6. The van der Waals surface area contributed by atoms with E-state index in [2.05, 4.69) is 13.8 Å². The summed E-state index contributed by atoms with van der Waals surface area (Å²) >= 11 is 0. The summed E-state index contributed by atoms with van der Waals surface area (Å²) in [6, 6.07) is 0. The van der Waals surface area contributed by atoms with Gasteiger partial charge >= 0.3 is 0 Å². The molecule has 3 rings (SSSR count). The van der Waals surface area contributed by atoms with E-state index in [1.54, 1.807) is 44.9 Å². The Balaban J connectivity index is 1.38. The molecule has 0 saturated heterocycles. The Bertz CT molecular complexity index is 430. The van der Waals surface area contributed by atoms with Crippen LogP contribution in [0.5, 0.6) is 0 Å². The van der Waals surface area contributed by atoms with Crippen LogP contribution in [0.15, 0.2) is 0 Å². The average Bonchev–Trinajstić information content (AvgIpc) is 2.81. The molecular formula is C29H54O. The van der Waals surface area contributed by atoms with Gasteiger partial charge in [0, 0.05) is 6.61 Å². The Morgan fingerprint density at radius 3 is 1.80 bits per heavy atom. The Morgan fingerprint density at radius 2 is 1.20 bits per heavy atom. The van der Waals surface area contributed by atoms with E-state index in [-0.39, 0.29) is 0 Å². The molecule has 0 aliphatic heterocycles. The van der Waals surface area contributed by atoms with E-state index in [4.69, 9.17) is 5.11 Å². The molecule has 1 nitrogen and oxygen atoms in total. The molecule has 3 aliphatic rings. The Morgan fingerprint density at radius 1 is 0.600 bits per heavy atom. The first-order valence-corrected chi connectivity index (χ1v) is 14.4. The van der Waals surface area contributed by atoms with Gasteiger partial charge in [-0.3, -0.25) is 0 Å². The number of hydrogen-bond donors (Lipinski definition) is 1. The molecule has 0 aromatic carbocycles. The minimum absolute atomic E-state index is 0.391. The van der Waals surface area contributed by atoms with Crippen molar-refractivity contribution in [1.82, 2.24) is 0 Å². The second kappa shape index (κ2) is 13.5. The summed E-state index contributed by atoms with van der Waals surface area (Å²) in [5.41, 5.74) is 0. The summed E-state index contributed by atoms with van der Waals surface area (Å²) in [7, 11) is 0. The quantitative estimate of drug-likeness (QED) is 0.332. The molecule has 0 aromatic heterocycles. The first-order valence-electron chi connectivity index (χ1n) is 14.4. The maximum atomic E-state index is 9.12. The zero-order chi connectivity index (χ0) is 21.2. The van der Waals surface area contributed by atoms with Gasteiger partial charge in [-0.1, -0.05) is 78.1 Å². The van der Waals surface area contributed by atoms with Crippen LogP contribution in [0.1, 0.15) is 136 Å². The summed E-state index contributed by atoms with van der Waals surface area (Å²) in [5.74, 6) is 7.21. The smallest absolute Gasteiger partial charge is 0.0431 e. The molecule has 0 spiro atoms. The summed E-state index contributed by atoms with van der Waals surface area (Å²) in [4.78, 5) is 0. The zero-order valence-corrected chi connectivity index (χ0v) is 20.6. The van der Waals surface area contributed by atoms with E-state index in [0.29, 0.717) is 6.61 Å². The van der Waals surface area contributed by atoms with Gasteiger partial charge in [-0.2, -0.15) is 0 Å². The lowest BCUT2D eigenvalue weighted by molar-refractivity contribution is 0.0518. The van der Waals surface area contributed by atoms with Gasteiger partial charge in [0.1, 0.15) is 0 Å². The van der Waals surface area contributed by atoms with Crippen LogP contribution >= 0.6 is 0 Å². The predicted octanol–water partition coefficient (Wildman–Crippen LogP) is 8.78. The van der Waals surface area contributed by atoms with Crippen molar-refractivity contribution in [3.63, 3.8) is 0 Å². The molecule has 0 bridgehead atoms. The van der Waals surface area contributed by atoms with Crippen molar-refractivity contribution in [2.75, 3.05) is 6.61 Å². The van der Waals surface area contributed by atoms with Crippen molar-refractivity contribution in [2.45, 2.75) is 136 Å². The molecule has 0 amide bonds. The lowest BCUT2D eigenvalue weighted by atomic mass is 9.60. The van der Waals surface area contributed by atoms with E-state index in [0.717, 1.165) is 47.8 Å². The second-order valence-corrected chi connectivity index (χ2v) is 11.7. The molecule has 176 valence electrons. The highest BCUT2D eigenvalue weighted by Gasteiger charge is 2.39. The molecular weight excluding hydrogens is 364 g/mol. The SMILES string of the molecule is CCCCCCC1CCC(C2CCC(C3CCC(CCCO)CC3)C(CC)C2)CC1. The molecule has 30 heavy (non-hydrogen) atoms. The highest BCUT2D eigenvalue weighted by Crippen LogP contribution is 2.49. The van der Waals surface area contributed by atoms with Crippen LogP contribution < -0.4 is 0 Å². The highest BCUT2D eigenvalue weighted by molar-refractivity contribution is 4.89. The predicted molar refractivity (Wildman–Crippen MR) is 131 cm³/mol. The lowest BCUT2D eigenvalue weighted by Gasteiger charge is -2.45. The standard InChI is InChI=1S/C29H54O/c1-3-5-6-7-9-23-11-15-26(16-12-23)28-19-20-29(25(4-2)22-28)27-17-13-24(14-18-27)10-8-21-30/h23-30H,3-22H2,1-2H3. The van der Waals surface area contributed by atoms with Crippen molar-refractivity contribution in [1.29, 1.82) is 0 Å². The fourth-order valence-corrected chi connectivity index (χ4v) is 7.94. The molecule has 1 N–H and O–H groups in total. The van der Waals surface area contributed by atoms with Gasteiger partial charge in [-0.05, 0) is 99.2 Å². The van der Waals surface area contributed by atoms with Gasteiger partial charge in [-0.25, -0.2) is 0 Å². The van der Waals surface area contributed by atoms with Crippen LogP contribution in [0.2, 0.25) is 0 Å². The second-order valence-electron chi connectivity index (χ2n) is 11.7. The van der Waals surface area contributed by atoms with Gasteiger partial charge in [0.05, 0.1) is 0 Å². The first-order chi connectivity index (χ1) is 14.7. The lowest BCUT2D eigenvalue weighted by Crippen LogP contribution is -2.35. The molecule has 0 radical (unpaired) electrons. The fraction of sp³-hybridized carbons (Fsp3) is 1.00. The van der Waals surface area contributed by atoms with Gasteiger partial charge < -0.3 is 5.11 Å². The van der Waals surface area contributed by atoms with Crippen LogP contribution in [0.4, 0.5) is 0 Å². The number of unbranched alkanes of at least 4 members (excludes halogenated alkanes) is 3. The minimum atomic E-state index is 0.391. The van der Waals surface area contributed by atoms with Crippen LogP contribution in [-0.2, 0) is 0 Å². The van der Waals surface area contributed by atoms with Gasteiger partial charge in [0.25, 0.3) is 0 Å². The van der Waals surface area contributed by atoms with E-state index in [1.165, 1.54) is 70.6 Å². The number of hydrogen-bond acceptors (Lipinski definition) is 1. The van der Waals surface area contributed by atoms with Crippen LogP contribution in [0, 0.1) is 41.4 Å². The third-order valence-electron chi connectivity index (χ3n) is 9.90. The van der Waals surface area contributed by atoms with Gasteiger partial charge in [0.15, 0.2) is 0 Å². The van der Waals surface area contributed by atoms with Crippen molar-refractivity contribution < 1.29 is 5.11 Å². The zero-order valence-electron chi connectivity index (χ0n) is 20.6. The largest absolute Gasteiger partial charge is 0.396 e. The maximum absolute atomic E-state index is 9.12. The molecule has 3 fully saturated rings. The topological polar surface area (TPSA) is 20.2 Å². The molecule has 1 heteroatoms. The summed E-state index contributed by atoms with van der Waals surface area (Å²) in [6.07, 6.45) is 27.8. The van der Waals surface area contributed by atoms with Crippen molar-refractivity contribution in [3.8, 4) is 0 Å². The van der Waals surface area contributed by atoms with Crippen molar-refractivity contribution in [3.05, 3.63) is 0 Å². The van der Waals surface area contributed by atoms with E-state index < -0.39 is 0 Å². The van der Waals surface area contributed by atoms with E-state index >= 15 is 0 Å². The Labute approximate surface area is 189 Å². The molecule has 0 heterocycles. The minimum Gasteiger partial charge on any atom is -0.396 e. The monoisotopic (exact) mass is 418 g/mol. The summed E-state index contributed by atoms with van der Waals surface area (Å²) in [6.45, 7) is 5.20. The Hall–Kier alpha value is -0.0400. The maximum Gasteiger partial charge on any atom is 0.0431 e. The van der Waals surface area contributed by atoms with E-state index in [1.807, 2.05) is 0 Å². The van der Waals surface area contributed by atoms with Gasteiger partial charge in [0.2, 0.25) is 0 Å². The van der Waals surface area contributed by atoms with Crippen LogP contribution in [0.3, 0.4) is 0 Å². The number of rotatable bonds is 11. The fourth-order valence-electron chi connectivity index (χ4n) is 7.94. The third-order valence-corrected chi connectivity index (χ3v) is 9.90. The Kier molecular flexibility index (Phi) is 11.1. The highest BCUT2D eigenvalue weighted by atomic mass is 16.2. The molecule has 3 atom stereocenters. The average molecular weight is 419 g/mol. The molecule has 3 saturated carbocycles. The summed E-state index contributed by atoms with van der Waals surface area (Å²) < 4.78 is 0. The van der Waals surface area contributed by atoms with Crippen LogP contribution in [0.25, 0.3) is 0 Å². The third kappa shape index (κ3) is 7.25. The van der Waals surface area contributed by atoms with Crippen molar-refractivity contribution >= 4 is 0 Å². The summed E-state index contributed by atoms with van der Waals surface area (Å²) in [5, 5.41) is 9.12.